The number of halogens is 1. The summed E-state index contributed by atoms with van der Waals surface area (Å²) in [7, 11) is 0. The summed E-state index contributed by atoms with van der Waals surface area (Å²) in [4.78, 5) is 0. The zero-order valence-electron chi connectivity index (χ0n) is 16.5. The second-order valence-electron chi connectivity index (χ2n) is 6.67. The second kappa shape index (κ2) is 10.9. The van der Waals surface area contributed by atoms with Crippen LogP contribution in [0, 0.1) is 0 Å². The molecule has 0 aliphatic rings. The van der Waals surface area contributed by atoms with E-state index < -0.39 is 6.10 Å². The van der Waals surface area contributed by atoms with Crippen LogP contribution in [0.5, 0.6) is 11.5 Å². The first kappa shape index (κ1) is 21.2. The van der Waals surface area contributed by atoms with Gasteiger partial charge in [-0.25, -0.2) is 0 Å². The Kier molecular flexibility index (Phi) is 7.94. The summed E-state index contributed by atoms with van der Waals surface area (Å²) in [6, 6.07) is 23.3. The van der Waals surface area contributed by atoms with Crippen molar-refractivity contribution in [1.82, 2.24) is 5.32 Å². The third kappa shape index (κ3) is 6.23. The lowest BCUT2D eigenvalue weighted by Crippen LogP contribution is -2.21. The Morgan fingerprint density at radius 1 is 0.931 bits per heavy atom. The highest BCUT2D eigenvalue weighted by atomic mass is 35.5. The second-order valence-corrected chi connectivity index (χ2v) is 7.08. The lowest BCUT2D eigenvalue weighted by Gasteiger charge is -2.16. The van der Waals surface area contributed by atoms with Gasteiger partial charge in [0.2, 0.25) is 0 Å². The van der Waals surface area contributed by atoms with Crippen molar-refractivity contribution in [3.8, 4) is 11.5 Å². The molecule has 0 bridgehead atoms. The molecule has 0 unspecified atom stereocenters. The van der Waals surface area contributed by atoms with Gasteiger partial charge in [0.05, 0.1) is 17.7 Å². The van der Waals surface area contributed by atoms with E-state index in [4.69, 9.17) is 21.1 Å². The van der Waals surface area contributed by atoms with E-state index in [1.165, 1.54) is 0 Å². The van der Waals surface area contributed by atoms with Crippen molar-refractivity contribution >= 4 is 11.6 Å². The van der Waals surface area contributed by atoms with Gasteiger partial charge in [0, 0.05) is 13.1 Å². The minimum Gasteiger partial charge on any atom is -0.490 e. The highest BCUT2D eigenvalue weighted by Crippen LogP contribution is 2.37. The first-order valence-corrected chi connectivity index (χ1v) is 10.1. The van der Waals surface area contributed by atoms with Gasteiger partial charge in [-0.1, -0.05) is 72.3 Å². The first-order valence-electron chi connectivity index (χ1n) is 9.73. The maximum absolute atomic E-state index is 10.3. The highest BCUT2D eigenvalue weighted by molar-refractivity contribution is 6.32. The lowest BCUT2D eigenvalue weighted by atomic mass is 10.1. The molecule has 0 radical (unpaired) electrons. The molecule has 3 aromatic rings. The van der Waals surface area contributed by atoms with Gasteiger partial charge < -0.3 is 19.9 Å². The summed E-state index contributed by atoms with van der Waals surface area (Å²) >= 11 is 6.49. The van der Waals surface area contributed by atoms with Crippen LogP contribution in [0.1, 0.15) is 29.7 Å². The van der Waals surface area contributed by atoms with Gasteiger partial charge in [0.25, 0.3) is 0 Å². The SMILES string of the molecule is CCOc1cc(CNC[C@H](O)c2ccccc2)cc(Cl)c1OCc1ccccc1. The largest absolute Gasteiger partial charge is 0.490 e. The average Bonchev–Trinajstić information content (AvgIpc) is 2.74. The van der Waals surface area contributed by atoms with Gasteiger partial charge in [0.15, 0.2) is 11.5 Å². The van der Waals surface area contributed by atoms with E-state index in [0.29, 0.717) is 42.8 Å². The smallest absolute Gasteiger partial charge is 0.180 e. The number of hydrogen-bond acceptors (Lipinski definition) is 4. The molecule has 1 atom stereocenters. The third-order valence-corrected chi connectivity index (χ3v) is 4.73. The summed E-state index contributed by atoms with van der Waals surface area (Å²) in [6.07, 6.45) is -0.563. The maximum Gasteiger partial charge on any atom is 0.180 e. The van der Waals surface area contributed by atoms with E-state index in [2.05, 4.69) is 5.32 Å². The monoisotopic (exact) mass is 411 g/mol. The number of ether oxygens (including phenoxy) is 2. The number of aliphatic hydroxyl groups excluding tert-OH is 1. The summed E-state index contributed by atoms with van der Waals surface area (Å²) in [5.74, 6) is 1.17. The van der Waals surface area contributed by atoms with E-state index in [9.17, 15) is 5.11 Å². The van der Waals surface area contributed by atoms with Crippen LogP contribution in [-0.4, -0.2) is 18.3 Å². The molecule has 0 fully saturated rings. The molecule has 0 saturated carbocycles. The Labute approximate surface area is 177 Å². The molecule has 0 aliphatic carbocycles. The topological polar surface area (TPSA) is 50.7 Å². The molecule has 4 nitrogen and oxygen atoms in total. The molecule has 152 valence electrons. The van der Waals surface area contributed by atoms with Crippen molar-refractivity contribution in [2.24, 2.45) is 0 Å². The minimum atomic E-state index is -0.563. The Balaban J connectivity index is 1.63. The fraction of sp³-hybridized carbons (Fsp3) is 0.250. The zero-order chi connectivity index (χ0) is 20.5. The van der Waals surface area contributed by atoms with E-state index in [1.54, 1.807) is 0 Å². The van der Waals surface area contributed by atoms with Crippen molar-refractivity contribution in [3.05, 3.63) is 94.5 Å². The zero-order valence-corrected chi connectivity index (χ0v) is 17.2. The Morgan fingerprint density at radius 3 is 2.31 bits per heavy atom. The van der Waals surface area contributed by atoms with E-state index >= 15 is 0 Å². The normalized spacial score (nSPS) is 11.8. The third-order valence-electron chi connectivity index (χ3n) is 4.45. The summed E-state index contributed by atoms with van der Waals surface area (Å²) in [5, 5.41) is 14.1. The number of benzene rings is 3. The van der Waals surface area contributed by atoms with Crippen molar-refractivity contribution in [3.63, 3.8) is 0 Å². The Hall–Kier alpha value is -2.53. The maximum atomic E-state index is 10.3. The van der Waals surface area contributed by atoms with Gasteiger partial charge >= 0.3 is 0 Å². The molecule has 0 aliphatic heterocycles. The van der Waals surface area contributed by atoms with Crippen molar-refractivity contribution < 1.29 is 14.6 Å². The summed E-state index contributed by atoms with van der Waals surface area (Å²) in [6.45, 7) is 3.86. The molecule has 3 aromatic carbocycles. The van der Waals surface area contributed by atoms with Crippen LogP contribution in [0.3, 0.4) is 0 Å². The molecule has 0 heterocycles. The number of aliphatic hydroxyl groups is 1. The molecule has 5 heteroatoms. The lowest BCUT2D eigenvalue weighted by molar-refractivity contribution is 0.174. The molecule has 3 rings (SSSR count). The minimum absolute atomic E-state index is 0.418. The molecule has 0 aromatic heterocycles. The van der Waals surface area contributed by atoms with Gasteiger partial charge in [-0.15, -0.1) is 0 Å². The van der Waals surface area contributed by atoms with Gasteiger partial charge in [-0.3, -0.25) is 0 Å². The standard InChI is InChI=1S/C24H26ClNO3/c1-2-28-23-14-19(15-26-16-22(27)20-11-7-4-8-12-20)13-21(25)24(23)29-17-18-9-5-3-6-10-18/h3-14,22,26-27H,2,15-17H2,1H3/t22-/m0/s1. The van der Waals surface area contributed by atoms with Crippen molar-refractivity contribution in [2.45, 2.75) is 26.2 Å². The van der Waals surface area contributed by atoms with Gasteiger partial charge in [-0.2, -0.15) is 0 Å². The van der Waals surface area contributed by atoms with Crippen LogP contribution in [0.15, 0.2) is 72.8 Å². The number of rotatable bonds is 10. The van der Waals surface area contributed by atoms with Crippen LogP contribution < -0.4 is 14.8 Å². The Bertz CT molecular complexity index is 887. The molecular weight excluding hydrogens is 386 g/mol. The molecule has 2 N–H and O–H groups in total. The fourth-order valence-corrected chi connectivity index (χ4v) is 3.29. The summed E-state index contributed by atoms with van der Waals surface area (Å²) < 4.78 is 11.7. The molecule has 0 amide bonds. The van der Waals surface area contributed by atoms with Crippen LogP contribution in [-0.2, 0) is 13.2 Å². The molecule has 29 heavy (non-hydrogen) atoms. The molecular formula is C24H26ClNO3. The Morgan fingerprint density at radius 2 is 1.62 bits per heavy atom. The van der Waals surface area contributed by atoms with E-state index in [0.717, 1.165) is 16.7 Å². The average molecular weight is 412 g/mol. The number of hydrogen-bond donors (Lipinski definition) is 2. The summed E-state index contributed by atoms with van der Waals surface area (Å²) in [5.41, 5.74) is 2.91. The van der Waals surface area contributed by atoms with Crippen LogP contribution in [0.4, 0.5) is 0 Å². The van der Waals surface area contributed by atoms with Crippen LogP contribution in [0.25, 0.3) is 0 Å². The van der Waals surface area contributed by atoms with E-state index in [-0.39, 0.29) is 0 Å². The van der Waals surface area contributed by atoms with Crippen molar-refractivity contribution in [2.75, 3.05) is 13.2 Å². The quantitative estimate of drug-likeness (QED) is 0.485. The fourth-order valence-electron chi connectivity index (χ4n) is 3.00. The molecule has 0 spiro atoms. The van der Waals surface area contributed by atoms with Gasteiger partial charge in [0.1, 0.15) is 6.61 Å². The van der Waals surface area contributed by atoms with E-state index in [1.807, 2.05) is 79.7 Å². The number of nitrogens with one attached hydrogen (secondary N) is 1. The molecule has 0 saturated heterocycles. The predicted molar refractivity (Wildman–Crippen MR) is 117 cm³/mol. The van der Waals surface area contributed by atoms with Crippen molar-refractivity contribution in [1.29, 1.82) is 0 Å². The van der Waals surface area contributed by atoms with Crippen LogP contribution >= 0.6 is 11.6 Å². The first-order chi connectivity index (χ1) is 14.2. The highest BCUT2D eigenvalue weighted by Gasteiger charge is 2.14. The van der Waals surface area contributed by atoms with Crippen LogP contribution in [0.2, 0.25) is 5.02 Å². The predicted octanol–water partition coefficient (Wildman–Crippen LogP) is 5.14. The van der Waals surface area contributed by atoms with Gasteiger partial charge in [-0.05, 0) is 35.7 Å².